The van der Waals surface area contributed by atoms with Crippen LogP contribution in [-0.4, -0.2) is 18.4 Å². The van der Waals surface area contributed by atoms with Crippen LogP contribution in [0, 0.1) is 11.3 Å². The van der Waals surface area contributed by atoms with Crippen LogP contribution >= 0.6 is 34.8 Å². The number of hydrogen-bond donors (Lipinski definition) is 2. The lowest BCUT2D eigenvalue weighted by Gasteiger charge is -2.11. The fourth-order valence-electron chi connectivity index (χ4n) is 2.74. The number of nitrogens with one attached hydrogen (secondary N) is 2. The first-order valence-corrected chi connectivity index (χ1v) is 10.6. The molecule has 0 unspecified atom stereocenters. The first-order valence-electron chi connectivity index (χ1n) is 9.51. The molecule has 3 aromatic carbocycles. The number of nitriles is 1. The minimum atomic E-state index is -0.620. The molecule has 6 nitrogen and oxygen atoms in total. The fourth-order valence-corrected chi connectivity index (χ4v) is 3.54. The van der Waals surface area contributed by atoms with E-state index in [1.54, 1.807) is 48.5 Å². The highest BCUT2D eigenvalue weighted by molar-refractivity contribution is 6.37. The first-order chi connectivity index (χ1) is 15.9. The molecular weight excluding hydrogens is 485 g/mol. The molecule has 0 aliphatic heterocycles. The number of benzene rings is 3. The van der Waals surface area contributed by atoms with E-state index in [1.165, 1.54) is 18.2 Å². The zero-order valence-corrected chi connectivity index (χ0v) is 19.2. The van der Waals surface area contributed by atoms with Crippen LogP contribution in [-0.2, 0) is 9.59 Å². The highest BCUT2D eigenvalue weighted by atomic mass is 35.5. The van der Waals surface area contributed by atoms with Crippen molar-refractivity contribution in [1.82, 2.24) is 0 Å². The largest absolute Gasteiger partial charge is 0.481 e. The molecule has 0 radical (unpaired) electrons. The topological polar surface area (TPSA) is 91.2 Å². The monoisotopic (exact) mass is 499 g/mol. The second-order valence-corrected chi connectivity index (χ2v) is 7.90. The van der Waals surface area contributed by atoms with Gasteiger partial charge in [0.25, 0.3) is 11.8 Å². The van der Waals surface area contributed by atoms with Crippen molar-refractivity contribution in [2.45, 2.75) is 0 Å². The highest BCUT2D eigenvalue weighted by Gasteiger charge is 2.14. The van der Waals surface area contributed by atoms with Gasteiger partial charge in [0.05, 0.1) is 10.0 Å². The molecule has 0 saturated heterocycles. The predicted octanol–water partition coefficient (Wildman–Crippen LogP) is 6.21. The van der Waals surface area contributed by atoms with Crippen molar-refractivity contribution < 1.29 is 14.3 Å². The molecule has 0 fully saturated rings. The molecule has 166 valence electrons. The molecule has 0 heterocycles. The van der Waals surface area contributed by atoms with Crippen LogP contribution in [0.3, 0.4) is 0 Å². The molecule has 2 N–H and O–H groups in total. The number of nitrogens with zero attached hydrogens (tertiary/aromatic N) is 1. The molecule has 33 heavy (non-hydrogen) atoms. The summed E-state index contributed by atoms with van der Waals surface area (Å²) in [6.45, 7) is -0.311. The van der Waals surface area contributed by atoms with E-state index in [1.807, 2.05) is 12.1 Å². The van der Waals surface area contributed by atoms with Gasteiger partial charge in [-0.15, -0.1) is 0 Å². The Kier molecular flexibility index (Phi) is 8.34. The number of anilines is 2. The third kappa shape index (κ3) is 6.99. The van der Waals surface area contributed by atoms with Gasteiger partial charge in [-0.2, -0.15) is 5.26 Å². The number of carbonyl (C=O) groups excluding carboxylic acids is 2. The molecule has 3 rings (SSSR count). The standard InChI is InChI=1S/C24H16Cl3N3O3/c25-17-5-4-8-19(12-17)30-24(32)16(13-28)9-15-10-20(26)23(21(27)11-15)33-14-22(31)29-18-6-2-1-3-7-18/h1-12H,14H2,(H,29,31)(H,30,32)/b16-9-. The van der Waals surface area contributed by atoms with Crippen LogP contribution in [0.4, 0.5) is 11.4 Å². The van der Waals surface area contributed by atoms with Crippen LogP contribution in [0.25, 0.3) is 6.08 Å². The van der Waals surface area contributed by atoms with Crippen molar-refractivity contribution in [2.75, 3.05) is 17.2 Å². The molecule has 0 aliphatic rings. The molecule has 0 aromatic heterocycles. The molecule has 3 aromatic rings. The Balaban J connectivity index is 1.70. The van der Waals surface area contributed by atoms with Crippen LogP contribution in [0.1, 0.15) is 5.56 Å². The quantitative estimate of drug-likeness (QED) is 0.298. The third-order valence-electron chi connectivity index (χ3n) is 4.18. The Labute approximate surface area is 205 Å². The van der Waals surface area contributed by atoms with Crippen molar-refractivity contribution in [1.29, 1.82) is 5.26 Å². The maximum Gasteiger partial charge on any atom is 0.266 e. The van der Waals surface area contributed by atoms with Crippen molar-refractivity contribution in [3.05, 3.63) is 92.9 Å². The van der Waals surface area contributed by atoms with E-state index in [0.29, 0.717) is 22.0 Å². The van der Waals surface area contributed by atoms with Crippen molar-refractivity contribution in [2.24, 2.45) is 0 Å². The minimum Gasteiger partial charge on any atom is -0.481 e. The lowest BCUT2D eigenvalue weighted by atomic mass is 10.1. The number of hydrogen-bond acceptors (Lipinski definition) is 4. The van der Waals surface area contributed by atoms with Crippen molar-refractivity contribution >= 4 is 64.1 Å². The summed E-state index contributed by atoms with van der Waals surface area (Å²) in [5.74, 6) is -0.896. The summed E-state index contributed by atoms with van der Waals surface area (Å²) in [6, 6.07) is 20.2. The van der Waals surface area contributed by atoms with Gasteiger partial charge in [-0.3, -0.25) is 9.59 Å². The van der Waals surface area contributed by atoms with Crippen molar-refractivity contribution in [3.63, 3.8) is 0 Å². The van der Waals surface area contributed by atoms with E-state index in [-0.39, 0.29) is 33.9 Å². The summed E-state index contributed by atoms with van der Waals surface area (Å²) >= 11 is 18.4. The summed E-state index contributed by atoms with van der Waals surface area (Å²) in [6.07, 6.45) is 1.34. The maximum absolute atomic E-state index is 12.4. The van der Waals surface area contributed by atoms with Crippen LogP contribution in [0.2, 0.25) is 15.1 Å². The SMILES string of the molecule is N#C/C(=C/c1cc(Cl)c(OCC(=O)Nc2ccccc2)c(Cl)c1)C(=O)Nc1cccc(Cl)c1. The lowest BCUT2D eigenvalue weighted by Crippen LogP contribution is -2.20. The van der Waals surface area contributed by atoms with E-state index in [9.17, 15) is 14.9 Å². The van der Waals surface area contributed by atoms with Crippen molar-refractivity contribution in [3.8, 4) is 11.8 Å². The zero-order valence-electron chi connectivity index (χ0n) is 16.9. The Hall–Kier alpha value is -3.50. The van der Waals surface area contributed by atoms with E-state index in [4.69, 9.17) is 39.5 Å². The molecule has 0 aliphatic carbocycles. The summed E-state index contributed by atoms with van der Waals surface area (Å²) in [7, 11) is 0. The van der Waals surface area contributed by atoms with Gasteiger partial charge < -0.3 is 15.4 Å². The van der Waals surface area contributed by atoms with Gasteiger partial charge in [-0.25, -0.2) is 0 Å². The fraction of sp³-hybridized carbons (Fsp3) is 0.0417. The van der Waals surface area contributed by atoms with E-state index >= 15 is 0 Å². The third-order valence-corrected chi connectivity index (χ3v) is 4.98. The number of para-hydroxylation sites is 1. The van der Waals surface area contributed by atoms with Gasteiger partial charge >= 0.3 is 0 Å². The van der Waals surface area contributed by atoms with Crippen LogP contribution < -0.4 is 15.4 Å². The zero-order chi connectivity index (χ0) is 23.8. The van der Waals surface area contributed by atoms with Gasteiger partial charge in [0.1, 0.15) is 11.6 Å². The minimum absolute atomic E-state index is 0.112. The maximum atomic E-state index is 12.4. The van der Waals surface area contributed by atoms with E-state index < -0.39 is 5.91 Å². The highest BCUT2D eigenvalue weighted by Crippen LogP contribution is 2.35. The molecule has 0 saturated carbocycles. The van der Waals surface area contributed by atoms with Gasteiger partial charge in [-0.1, -0.05) is 59.1 Å². The average Bonchev–Trinajstić information content (AvgIpc) is 2.77. The average molecular weight is 501 g/mol. The summed E-state index contributed by atoms with van der Waals surface area (Å²) in [4.78, 5) is 24.5. The smallest absolute Gasteiger partial charge is 0.266 e. The second-order valence-electron chi connectivity index (χ2n) is 6.65. The van der Waals surface area contributed by atoms with Crippen LogP contribution in [0.5, 0.6) is 5.75 Å². The number of carbonyl (C=O) groups is 2. The Morgan fingerprint density at radius 2 is 1.58 bits per heavy atom. The second kappa shape index (κ2) is 11.4. The van der Waals surface area contributed by atoms with Gasteiger partial charge in [0, 0.05) is 16.4 Å². The molecule has 2 amide bonds. The molecule has 0 spiro atoms. The predicted molar refractivity (Wildman–Crippen MR) is 131 cm³/mol. The van der Waals surface area contributed by atoms with Crippen LogP contribution in [0.15, 0.2) is 72.3 Å². The summed E-state index contributed by atoms with van der Waals surface area (Å²) in [5, 5.41) is 15.4. The molecular formula is C24H16Cl3N3O3. The molecule has 9 heteroatoms. The number of halogens is 3. The van der Waals surface area contributed by atoms with Gasteiger partial charge in [-0.05, 0) is 54.1 Å². The normalized spacial score (nSPS) is 10.8. The Bertz CT molecular complexity index is 1230. The van der Waals surface area contributed by atoms with Gasteiger partial charge in [0.15, 0.2) is 12.4 Å². The first kappa shape index (κ1) is 24.1. The number of rotatable bonds is 7. The van der Waals surface area contributed by atoms with E-state index in [2.05, 4.69) is 10.6 Å². The van der Waals surface area contributed by atoms with E-state index in [0.717, 1.165) is 0 Å². The van der Waals surface area contributed by atoms with Gasteiger partial charge in [0.2, 0.25) is 0 Å². The number of ether oxygens (including phenoxy) is 1. The Morgan fingerprint density at radius 3 is 2.21 bits per heavy atom. The summed E-state index contributed by atoms with van der Waals surface area (Å²) < 4.78 is 5.47. The molecule has 0 bridgehead atoms. The summed E-state index contributed by atoms with van der Waals surface area (Å²) in [5.41, 5.74) is 1.31. The Morgan fingerprint density at radius 1 is 0.909 bits per heavy atom. The molecule has 0 atom stereocenters. The lowest BCUT2D eigenvalue weighted by molar-refractivity contribution is -0.118. The number of amides is 2.